The van der Waals surface area contributed by atoms with Crippen molar-refractivity contribution in [2.24, 2.45) is 0 Å². The third-order valence-electron chi connectivity index (χ3n) is 3.85. The maximum atomic E-state index is 14.7. The van der Waals surface area contributed by atoms with Crippen molar-refractivity contribution in [3.63, 3.8) is 0 Å². The van der Waals surface area contributed by atoms with Crippen LogP contribution in [0.15, 0.2) is 72.4 Å². The molecule has 7 nitrogen and oxygen atoms in total. The van der Waals surface area contributed by atoms with Gasteiger partial charge in [0, 0.05) is 30.3 Å². The minimum absolute atomic E-state index is 0.00842. The zero-order valence-electron chi connectivity index (χ0n) is 14.6. The molecule has 2 heterocycles. The first kappa shape index (κ1) is 18.1. The predicted molar refractivity (Wildman–Crippen MR) is 95.3 cm³/mol. The van der Waals surface area contributed by atoms with Crippen molar-refractivity contribution in [1.82, 2.24) is 9.78 Å². The number of rotatable bonds is 4. The van der Waals surface area contributed by atoms with Crippen molar-refractivity contribution in [3.8, 4) is 5.69 Å². The Morgan fingerprint density at radius 1 is 1.11 bits per heavy atom. The van der Waals surface area contributed by atoms with Gasteiger partial charge in [0.2, 0.25) is 0 Å². The lowest BCUT2D eigenvalue weighted by Crippen LogP contribution is -2.27. The Kier molecular flexibility index (Phi) is 5.16. The normalized spacial score (nSPS) is 13.5. The van der Waals surface area contributed by atoms with E-state index in [0.717, 1.165) is 0 Å². The molecule has 0 fully saturated rings. The number of methoxy groups -OCH3 is 2. The maximum absolute atomic E-state index is 14.7. The number of aromatic nitrogens is 2. The number of allylic oxidation sites excluding steroid dienone is 2. The van der Waals surface area contributed by atoms with Crippen LogP contribution in [0.5, 0.6) is 0 Å². The van der Waals surface area contributed by atoms with Crippen LogP contribution in [0.25, 0.3) is 5.69 Å². The topological polar surface area (TPSA) is 73.7 Å². The van der Waals surface area contributed by atoms with E-state index in [9.17, 15) is 14.0 Å². The zero-order valence-corrected chi connectivity index (χ0v) is 14.6. The Balaban J connectivity index is 2.12. The standard InChI is InChI=1S/C19H16FN3O4/c1-26-18(24)14-6-3-4-10-22(17(14)19(25)27-2)13-7-8-16(15(20)12-13)23-11-5-9-21-23/h3-12H,1-2H3. The zero-order chi connectivity index (χ0) is 19.4. The molecule has 0 spiro atoms. The lowest BCUT2D eigenvalue weighted by Gasteiger charge is -2.23. The molecule has 0 saturated heterocycles. The van der Waals surface area contributed by atoms with E-state index < -0.39 is 17.8 Å². The number of anilines is 1. The first-order valence-electron chi connectivity index (χ1n) is 7.91. The first-order valence-corrected chi connectivity index (χ1v) is 7.91. The van der Waals surface area contributed by atoms with E-state index in [-0.39, 0.29) is 17.0 Å². The van der Waals surface area contributed by atoms with Crippen LogP contribution in [0.1, 0.15) is 0 Å². The van der Waals surface area contributed by atoms with Crippen LogP contribution < -0.4 is 4.90 Å². The van der Waals surface area contributed by atoms with Crippen molar-refractivity contribution in [1.29, 1.82) is 0 Å². The van der Waals surface area contributed by atoms with Gasteiger partial charge in [0.05, 0.1) is 19.8 Å². The van der Waals surface area contributed by atoms with Gasteiger partial charge in [0.15, 0.2) is 5.82 Å². The summed E-state index contributed by atoms with van der Waals surface area (Å²) in [4.78, 5) is 25.9. The fourth-order valence-electron chi connectivity index (χ4n) is 2.61. The van der Waals surface area contributed by atoms with Gasteiger partial charge in [-0.2, -0.15) is 5.10 Å². The number of carbonyl (C=O) groups is 2. The molecule has 3 rings (SSSR count). The largest absolute Gasteiger partial charge is 0.465 e. The Morgan fingerprint density at radius 2 is 1.89 bits per heavy atom. The first-order chi connectivity index (χ1) is 13.1. The summed E-state index contributed by atoms with van der Waals surface area (Å²) in [6, 6.07) is 6.05. The number of benzene rings is 1. The highest BCUT2D eigenvalue weighted by atomic mass is 19.1. The summed E-state index contributed by atoms with van der Waals surface area (Å²) in [5, 5.41) is 4.00. The molecule has 0 bridgehead atoms. The summed E-state index contributed by atoms with van der Waals surface area (Å²) in [6.45, 7) is 0. The van der Waals surface area contributed by atoms with E-state index in [2.05, 4.69) is 5.10 Å². The van der Waals surface area contributed by atoms with Crippen LogP contribution >= 0.6 is 0 Å². The number of nitrogens with zero attached hydrogens (tertiary/aromatic N) is 3. The second-order valence-electron chi connectivity index (χ2n) is 5.40. The fourth-order valence-corrected chi connectivity index (χ4v) is 2.61. The SMILES string of the molecule is COC(=O)C1=C(C(=O)OC)N(c2ccc(-n3cccn3)c(F)c2)C=CC=C1. The van der Waals surface area contributed by atoms with Gasteiger partial charge in [-0.3, -0.25) is 0 Å². The Morgan fingerprint density at radius 3 is 2.52 bits per heavy atom. The summed E-state index contributed by atoms with van der Waals surface area (Å²) in [6.07, 6.45) is 9.30. The van der Waals surface area contributed by atoms with Crippen LogP contribution in [0.2, 0.25) is 0 Å². The van der Waals surface area contributed by atoms with Gasteiger partial charge >= 0.3 is 11.9 Å². The summed E-state index contributed by atoms with van der Waals surface area (Å²) < 4.78 is 25.6. The van der Waals surface area contributed by atoms with Gasteiger partial charge in [-0.15, -0.1) is 0 Å². The minimum atomic E-state index is -0.761. The molecule has 1 aliphatic rings. The molecule has 1 aliphatic heterocycles. The molecule has 1 aromatic heterocycles. The highest BCUT2D eigenvalue weighted by Gasteiger charge is 2.27. The molecular formula is C19H16FN3O4. The monoisotopic (exact) mass is 369 g/mol. The summed E-state index contributed by atoms with van der Waals surface area (Å²) >= 11 is 0. The Hall–Kier alpha value is -3.68. The van der Waals surface area contributed by atoms with E-state index in [1.165, 1.54) is 54.4 Å². The number of carbonyl (C=O) groups excluding carboxylic acids is 2. The third-order valence-corrected chi connectivity index (χ3v) is 3.85. The Bertz CT molecular complexity index is 961. The molecule has 0 aliphatic carbocycles. The fraction of sp³-hybridized carbons (Fsp3) is 0.105. The Labute approximate surface area is 154 Å². The molecular weight excluding hydrogens is 353 g/mol. The van der Waals surface area contributed by atoms with Gasteiger partial charge in [0.25, 0.3) is 0 Å². The average Bonchev–Trinajstić information content (AvgIpc) is 3.12. The molecule has 27 heavy (non-hydrogen) atoms. The van der Waals surface area contributed by atoms with Crippen LogP contribution in [-0.4, -0.2) is 35.9 Å². The van der Waals surface area contributed by atoms with Crippen molar-refractivity contribution >= 4 is 17.6 Å². The van der Waals surface area contributed by atoms with Crippen molar-refractivity contribution in [2.45, 2.75) is 0 Å². The lowest BCUT2D eigenvalue weighted by atomic mass is 10.1. The quantitative estimate of drug-likeness (QED) is 0.771. The van der Waals surface area contributed by atoms with Crippen molar-refractivity contribution in [2.75, 3.05) is 19.1 Å². The molecule has 0 saturated carbocycles. The summed E-state index contributed by atoms with van der Waals surface area (Å²) in [5.41, 5.74) is 0.481. The van der Waals surface area contributed by atoms with E-state index >= 15 is 0 Å². The summed E-state index contributed by atoms with van der Waals surface area (Å²) in [7, 11) is 2.40. The minimum Gasteiger partial charge on any atom is -0.465 e. The van der Waals surface area contributed by atoms with Crippen LogP contribution in [0.3, 0.4) is 0 Å². The van der Waals surface area contributed by atoms with E-state index in [4.69, 9.17) is 9.47 Å². The lowest BCUT2D eigenvalue weighted by molar-refractivity contribution is -0.139. The highest BCUT2D eigenvalue weighted by molar-refractivity contribution is 6.05. The van der Waals surface area contributed by atoms with Gasteiger partial charge in [0.1, 0.15) is 11.4 Å². The molecule has 0 amide bonds. The highest BCUT2D eigenvalue weighted by Crippen LogP contribution is 2.28. The predicted octanol–water partition coefficient (Wildman–Crippen LogP) is 2.50. The van der Waals surface area contributed by atoms with Crippen LogP contribution in [-0.2, 0) is 19.1 Å². The second-order valence-corrected chi connectivity index (χ2v) is 5.40. The molecule has 0 unspecified atom stereocenters. The average molecular weight is 369 g/mol. The number of hydrogen-bond donors (Lipinski definition) is 0. The molecule has 1 aromatic carbocycles. The van der Waals surface area contributed by atoms with Crippen molar-refractivity contribution < 1.29 is 23.5 Å². The number of esters is 2. The van der Waals surface area contributed by atoms with Gasteiger partial charge < -0.3 is 14.4 Å². The van der Waals surface area contributed by atoms with E-state index in [0.29, 0.717) is 5.69 Å². The number of hydrogen-bond acceptors (Lipinski definition) is 6. The maximum Gasteiger partial charge on any atom is 0.355 e. The number of halogens is 1. The number of ether oxygens (including phenoxy) is 2. The van der Waals surface area contributed by atoms with Crippen molar-refractivity contribution in [3.05, 3.63) is 78.2 Å². The second kappa shape index (κ2) is 7.69. The molecule has 0 atom stereocenters. The summed E-state index contributed by atoms with van der Waals surface area (Å²) in [5.74, 6) is -2.03. The van der Waals surface area contributed by atoms with Gasteiger partial charge in [-0.05, 0) is 30.4 Å². The van der Waals surface area contributed by atoms with Gasteiger partial charge in [-0.1, -0.05) is 6.08 Å². The van der Waals surface area contributed by atoms with E-state index in [1.807, 2.05) is 0 Å². The molecule has 2 aromatic rings. The molecule has 0 N–H and O–H groups in total. The van der Waals surface area contributed by atoms with Gasteiger partial charge in [-0.25, -0.2) is 18.7 Å². The molecule has 0 radical (unpaired) electrons. The molecule has 8 heteroatoms. The van der Waals surface area contributed by atoms with Crippen LogP contribution in [0, 0.1) is 5.82 Å². The van der Waals surface area contributed by atoms with Crippen LogP contribution in [0.4, 0.5) is 10.1 Å². The molecule has 138 valence electrons. The smallest absolute Gasteiger partial charge is 0.355 e. The van der Waals surface area contributed by atoms with E-state index in [1.54, 1.807) is 30.5 Å². The third kappa shape index (κ3) is 3.50.